The quantitative estimate of drug-likeness (QED) is 0.625. The van der Waals surface area contributed by atoms with Gasteiger partial charge in [-0.1, -0.05) is 18.2 Å². The van der Waals surface area contributed by atoms with Gasteiger partial charge in [0.1, 0.15) is 11.6 Å². The number of nitrogens with one attached hydrogen (secondary N) is 2. The van der Waals surface area contributed by atoms with Crippen LogP contribution in [0.3, 0.4) is 0 Å². The number of hydrogen-bond acceptors (Lipinski definition) is 4. The van der Waals surface area contributed by atoms with E-state index in [0.29, 0.717) is 5.75 Å². The molecule has 0 saturated heterocycles. The zero-order chi connectivity index (χ0) is 17.4. The molecular weight excluding hydrogens is 313 g/mol. The van der Waals surface area contributed by atoms with Crippen molar-refractivity contribution in [2.75, 3.05) is 13.7 Å². The van der Waals surface area contributed by atoms with Crippen LogP contribution in [0, 0.1) is 5.82 Å². The first-order chi connectivity index (χ1) is 11.6. The number of halogens is 1. The third-order valence-electron chi connectivity index (χ3n) is 2.99. The highest BCUT2D eigenvalue weighted by Gasteiger charge is 2.08. The van der Waals surface area contributed by atoms with Crippen LogP contribution < -0.4 is 15.5 Å². The zero-order valence-electron chi connectivity index (χ0n) is 13.0. The molecule has 0 saturated carbocycles. The Morgan fingerprint density at radius 1 is 1.21 bits per heavy atom. The van der Waals surface area contributed by atoms with Crippen molar-refractivity contribution in [3.05, 3.63) is 65.5 Å². The highest BCUT2D eigenvalue weighted by Crippen LogP contribution is 2.10. The van der Waals surface area contributed by atoms with E-state index in [1.54, 1.807) is 31.4 Å². The average molecular weight is 329 g/mol. The SMILES string of the molecule is COc1cccc(/C=N\NC(=O)CNC(=O)c2cccc(F)c2)c1. The van der Waals surface area contributed by atoms with Crippen LogP contribution in [0.15, 0.2) is 53.6 Å². The molecule has 7 heteroatoms. The zero-order valence-corrected chi connectivity index (χ0v) is 13.0. The number of carbonyl (C=O) groups excluding carboxylic acids is 2. The molecule has 0 heterocycles. The summed E-state index contributed by atoms with van der Waals surface area (Å²) in [5.41, 5.74) is 3.18. The minimum Gasteiger partial charge on any atom is -0.497 e. The second-order valence-corrected chi connectivity index (χ2v) is 4.76. The molecule has 24 heavy (non-hydrogen) atoms. The predicted octanol–water partition coefficient (Wildman–Crippen LogP) is 1.71. The molecule has 0 aliphatic rings. The van der Waals surface area contributed by atoms with Gasteiger partial charge in [0.15, 0.2) is 0 Å². The first kappa shape index (κ1) is 17.1. The van der Waals surface area contributed by atoms with Crippen molar-refractivity contribution in [2.45, 2.75) is 0 Å². The summed E-state index contributed by atoms with van der Waals surface area (Å²) in [4.78, 5) is 23.4. The molecule has 2 aromatic carbocycles. The van der Waals surface area contributed by atoms with Crippen molar-refractivity contribution in [1.82, 2.24) is 10.7 Å². The lowest BCUT2D eigenvalue weighted by molar-refractivity contribution is -0.120. The fourth-order valence-electron chi connectivity index (χ4n) is 1.83. The first-order valence-electron chi connectivity index (χ1n) is 7.08. The van der Waals surface area contributed by atoms with E-state index in [4.69, 9.17) is 4.74 Å². The van der Waals surface area contributed by atoms with Crippen molar-refractivity contribution in [1.29, 1.82) is 0 Å². The van der Waals surface area contributed by atoms with Gasteiger partial charge in [-0.05, 0) is 35.9 Å². The Labute approximate surface area is 138 Å². The van der Waals surface area contributed by atoms with Crippen LogP contribution in [0.4, 0.5) is 4.39 Å². The van der Waals surface area contributed by atoms with Gasteiger partial charge in [-0.2, -0.15) is 5.10 Å². The molecule has 6 nitrogen and oxygen atoms in total. The number of carbonyl (C=O) groups is 2. The van der Waals surface area contributed by atoms with Gasteiger partial charge < -0.3 is 10.1 Å². The molecule has 0 bridgehead atoms. The lowest BCUT2D eigenvalue weighted by Gasteiger charge is -2.04. The predicted molar refractivity (Wildman–Crippen MR) is 87.5 cm³/mol. The van der Waals surface area contributed by atoms with Crippen molar-refractivity contribution < 1.29 is 18.7 Å². The highest BCUT2D eigenvalue weighted by molar-refractivity contribution is 5.96. The molecule has 0 atom stereocenters. The second kappa shape index (κ2) is 8.42. The standard InChI is InChI=1S/C17H16FN3O3/c1-24-15-7-2-4-12(8-15)10-20-21-16(22)11-19-17(23)13-5-3-6-14(18)9-13/h2-10H,11H2,1H3,(H,19,23)(H,21,22)/b20-10-. The fraction of sp³-hybridized carbons (Fsp3) is 0.118. The summed E-state index contributed by atoms with van der Waals surface area (Å²) in [6.07, 6.45) is 1.45. The lowest BCUT2D eigenvalue weighted by atomic mass is 10.2. The third kappa shape index (κ3) is 5.20. The Balaban J connectivity index is 1.80. The van der Waals surface area contributed by atoms with Crippen LogP contribution in [-0.4, -0.2) is 31.7 Å². The Kier molecular flexibility index (Phi) is 6.01. The van der Waals surface area contributed by atoms with E-state index in [1.807, 2.05) is 0 Å². The smallest absolute Gasteiger partial charge is 0.259 e. The molecule has 0 spiro atoms. The number of methoxy groups -OCH3 is 1. The van der Waals surface area contributed by atoms with Crippen molar-refractivity contribution in [2.24, 2.45) is 5.10 Å². The Morgan fingerprint density at radius 2 is 2.00 bits per heavy atom. The van der Waals surface area contributed by atoms with E-state index >= 15 is 0 Å². The summed E-state index contributed by atoms with van der Waals surface area (Å²) in [5.74, 6) is -0.886. The molecule has 0 aliphatic carbocycles. The summed E-state index contributed by atoms with van der Waals surface area (Å²) < 4.78 is 18.1. The number of nitrogens with zero attached hydrogens (tertiary/aromatic N) is 1. The molecule has 0 fully saturated rings. The number of ether oxygens (including phenoxy) is 1. The van der Waals surface area contributed by atoms with Gasteiger partial charge >= 0.3 is 0 Å². The molecule has 2 N–H and O–H groups in total. The Morgan fingerprint density at radius 3 is 2.75 bits per heavy atom. The van der Waals surface area contributed by atoms with Gasteiger partial charge in [0, 0.05) is 5.56 Å². The van der Waals surface area contributed by atoms with Gasteiger partial charge in [-0.15, -0.1) is 0 Å². The van der Waals surface area contributed by atoms with Crippen LogP contribution in [0.2, 0.25) is 0 Å². The molecule has 0 radical (unpaired) electrons. The summed E-state index contributed by atoms with van der Waals surface area (Å²) in [6, 6.07) is 12.3. The van der Waals surface area contributed by atoms with Gasteiger partial charge in [-0.25, -0.2) is 9.82 Å². The molecule has 2 rings (SSSR count). The maximum atomic E-state index is 13.0. The van der Waals surface area contributed by atoms with Crippen molar-refractivity contribution in [3.63, 3.8) is 0 Å². The summed E-state index contributed by atoms with van der Waals surface area (Å²) in [7, 11) is 1.55. The van der Waals surface area contributed by atoms with Crippen molar-refractivity contribution in [3.8, 4) is 5.75 Å². The molecular formula is C17H16FN3O3. The molecule has 0 aromatic heterocycles. The second-order valence-electron chi connectivity index (χ2n) is 4.76. The Bertz CT molecular complexity index is 762. The lowest BCUT2D eigenvalue weighted by Crippen LogP contribution is -2.34. The number of benzene rings is 2. The topological polar surface area (TPSA) is 79.8 Å². The maximum Gasteiger partial charge on any atom is 0.259 e. The van der Waals surface area contributed by atoms with Crippen LogP contribution in [0.25, 0.3) is 0 Å². The fourth-order valence-corrected chi connectivity index (χ4v) is 1.83. The van der Waals surface area contributed by atoms with E-state index in [0.717, 1.165) is 11.6 Å². The summed E-state index contributed by atoms with van der Waals surface area (Å²) >= 11 is 0. The Hall–Kier alpha value is -3.22. The van der Waals surface area contributed by atoms with E-state index in [1.165, 1.54) is 24.4 Å². The third-order valence-corrected chi connectivity index (χ3v) is 2.99. The first-order valence-corrected chi connectivity index (χ1v) is 7.08. The number of hydrazone groups is 1. The van der Waals surface area contributed by atoms with Crippen LogP contribution in [-0.2, 0) is 4.79 Å². The van der Waals surface area contributed by atoms with E-state index < -0.39 is 17.6 Å². The van der Waals surface area contributed by atoms with E-state index in [-0.39, 0.29) is 12.1 Å². The number of amides is 2. The maximum absolute atomic E-state index is 13.0. The molecule has 2 amide bonds. The van der Waals surface area contributed by atoms with Gasteiger partial charge in [0.05, 0.1) is 19.9 Å². The largest absolute Gasteiger partial charge is 0.497 e. The molecule has 124 valence electrons. The number of rotatable bonds is 6. The minimum atomic E-state index is -0.540. The van der Waals surface area contributed by atoms with Crippen molar-refractivity contribution >= 4 is 18.0 Å². The van der Waals surface area contributed by atoms with Crippen LogP contribution in [0.1, 0.15) is 15.9 Å². The van der Waals surface area contributed by atoms with E-state index in [9.17, 15) is 14.0 Å². The summed E-state index contributed by atoms with van der Waals surface area (Å²) in [5, 5.41) is 6.17. The molecule has 0 unspecified atom stereocenters. The average Bonchev–Trinajstić information content (AvgIpc) is 2.60. The minimum absolute atomic E-state index is 0.141. The van der Waals surface area contributed by atoms with Gasteiger partial charge in [0.25, 0.3) is 11.8 Å². The highest BCUT2D eigenvalue weighted by atomic mass is 19.1. The van der Waals surface area contributed by atoms with Gasteiger partial charge in [-0.3, -0.25) is 9.59 Å². The normalized spacial score (nSPS) is 10.4. The van der Waals surface area contributed by atoms with Crippen LogP contribution >= 0.6 is 0 Å². The number of hydrogen-bond donors (Lipinski definition) is 2. The molecule has 0 aliphatic heterocycles. The molecule has 2 aromatic rings. The monoisotopic (exact) mass is 329 g/mol. The van der Waals surface area contributed by atoms with E-state index in [2.05, 4.69) is 15.8 Å². The van der Waals surface area contributed by atoms with Gasteiger partial charge in [0.2, 0.25) is 0 Å². The summed E-state index contributed by atoms with van der Waals surface area (Å²) in [6.45, 7) is -0.273. The van der Waals surface area contributed by atoms with Crippen LogP contribution in [0.5, 0.6) is 5.75 Å².